The average molecular weight is 350 g/mol. The molecule has 3 aromatic rings. The van der Waals surface area contributed by atoms with Crippen molar-refractivity contribution >= 4 is 11.8 Å². The molecule has 0 aliphatic rings. The van der Waals surface area contributed by atoms with Gasteiger partial charge < -0.3 is 9.26 Å². The number of nitrogens with zero attached hydrogens (tertiary/aromatic N) is 1. The van der Waals surface area contributed by atoms with E-state index in [-0.39, 0.29) is 12.5 Å². The summed E-state index contributed by atoms with van der Waals surface area (Å²) in [4.78, 5) is 12.2. The van der Waals surface area contributed by atoms with Crippen molar-refractivity contribution in [3.05, 3.63) is 65.7 Å². The number of amides is 1. The standard InChI is InChI=1S/C21H22N2O3/c1-14(2)17-10-9-15(3)11-19(17)25-13-20(24)22-21-12-18(23-26-21)16-7-5-4-6-8-16/h4-12,14H,13H2,1-3H3,(H,22,24). The fraction of sp³-hybridized carbons (Fsp3) is 0.238. The Balaban J connectivity index is 1.62. The van der Waals surface area contributed by atoms with E-state index in [9.17, 15) is 4.79 Å². The lowest BCUT2D eigenvalue weighted by molar-refractivity contribution is -0.118. The Morgan fingerprint density at radius 3 is 2.65 bits per heavy atom. The highest BCUT2D eigenvalue weighted by Crippen LogP contribution is 2.27. The molecule has 3 rings (SSSR count). The quantitative estimate of drug-likeness (QED) is 0.694. The van der Waals surface area contributed by atoms with Gasteiger partial charge in [-0.2, -0.15) is 0 Å². The fourth-order valence-corrected chi connectivity index (χ4v) is 2.64. The molecule has 0 saturated heterocycles. The number of hydrogen-bond donors (Lipinski definition) is 1. The fourth-order valence-electron chi connectivity index (χ4n) is 2.64. The number of hydrogen-bond acceptors (Lipinski definition) is 4. The Labute approximate surface area is 153 Å². The zero-order chi connectivity index (χ0) is 18.5. The molecule has 0 spiro atoms. The molecule has 0 bridgehead atoms. The zero-order valence-corrected chi connectivity index (χ0v) is 15.2. The van der Waals surface area contributed by atoms with Gasteiger partial charge in [0.25, 0.3) is 5.91 Å². The second-order valence-electron chi connectivity index (χ2n) is 6.48. The number of benzene rings is 2. The lowest BCUT2D eigenvalue weighted by atomic mass is 10.0. The van der Waals surface area contributed by atoms with Gasteiger partial charge in [-0.05, 0) is 30.0 Å². The molecule has 1 aromatic heterocycles. The van der Waals surface area contributed by atoms with Crippen LogP contribution in [-0.2, 0) is 4.79 Å². The van der Waals surface area contributed by atoms with E-state index in [0.29, 0.717) is 17.5 Å². The van der Waals surface area contributed by atoms with Crippen LogP contribution in [0.4, 0.5) is 5.88 Å². The lowest BCUT2D eigenvalue weighted by Crippen LogP contribution is -2.20. The van der Waals surface area contributed by atoms with Gasteiger partial charge in [-0.1, -0.05) is 61.5 Å². The lowest BCUT2D eigenvalue weighted by Gasteiger charge is -2.14. The summed E-state index contributed by atoms with van der Waals surface area (Å²) in [6.07, 6.45) is 0. The van der Waals surface area contributed by atoms with E-state index in [1.165, 1.54) is 0 Å². The number of aromatic nitrogens is 1. The highest BCUT2D eigenvalue weighted by atomic mass is 16.5. The summed E-state index contributed by atoms with van der Waals surface area (Å²) < 4.78 is 10.9. The van der Waals surface area contributed by atoms with Crippen molar-refractivity contribution in [2.24, 2.45) is 0 Å². The Bertz CT molecular complexity index is 885. The van der Waals surface area contributed by atoms with Gasteiger partial charge >= 0.3 is 0 Å². The van der Waals surface area contributed by atoms with Crippen LogP contribution in [0.1, 0.15) is 30.9 Å². The van der Waals surface area contributed by atoms with Crippen LogP contribution in [0, 0.1) is 6.92 Å². The summed E-state index contributed by atoms with van der Waals surface area (Å²) in [6, 6.07) is 17.4. The zero-order valence-electron chi connectivity index (χ0n) is 15.2. The maximum Gasteiger partial charge on any atom is 0.264 e. The van der Waals surface area contributed by atoms with E-state index < -0.39 is 0 Å². The third-order valence-corrected chi connectivity index (χ3v) is 3.99. The summed E-state index contributed by atoms with van der Waals surface area (Å²) >= 11 is 0. The van der Waals surface area contributed by atoms with Gasteiger partial charge in [-0.25, -0.2) is 0 Å². The largest absolute Gasteiger partial charge is 0.483 e. The van der Waals surface area contributed by atoms with Gasteiger partial charge in [-0.15, -0.1) is 0 Å². The van der Waals surface area contributed by atoms with Gasteiger partial charge in [0.05, 0.1) is 0 Å². The summed E-state index contributed by atoms with van der Waals surface area (Å²) in [5.41, 5.74) is 3.76. The molecule has 0 saturated carbocycles. The predicted molar refractivity (Wildman–Crippen MR) is 101 cm³/mol. The number of carbonyl (C=O) groups is 1. The molecule has 1 amide bonds. The van der Waals surface area contributed by atoms with Gasteiger partial charge in [0.15, 0.2) is 6.61 Å². The minimum atomic E-state index is -0.294. The molecular weight excluding hydrogens is 328 g/mol. The minimum Gasteiger partial charge on any atom is -0.483 e. The topological polar surface area (TPSA) is 64.4 Å². The second kappa shape index (κ2) is 7.87. The van der Waals surface area contributed by atoms with Crippen LogP contribution >= 0.6 is 0 Å². The Morgan fingerprint density at radius 1 is 1.15 bits per heavy atom. The van der Waals surface area contributed by atoms with Crippen molar-refractivity contribution in [3.63, 3.8) is 0 Å². The number of nitrogens with one attached hydrogen (secondary N) is 1. The number of anilines is 1. The molecule has 1 N–H and O–H groups in total. The first-order chi connectivity index (χ1) is 12.5. The van der Waals surface area contributed by atoms with Crippen LogP contribution in [0.5, 0.6) is 5.75 Å². The molecule has 0 fully saturated rings. The number of rotatable bonds is 6. The molecule has 26 heavy (non-hydrogen) atoms. The summed E-state index contributed by atoms with van der Waals surface area (Å²) in [5, 5.41) is 6.65. The third-order valence-electron chi connectivity index (χ3n) is 3.99. The van der Waals surface area contributed by atoms with E-state index in [1.54, 1.807) is 6.07 Å². The highest BCUT2D eigenvalue weighted by molar-refractivity contribution is 5.91. The van der Waals surface area contributed by atoms with Gasteiger partial charge in [0, 0.05) is 11.6 Å². The maximum absolute atomic E-state index is 12.2. The molecule has 0 radical (unpaired) electrons. The van der Waals surface area contributed by atoms with Crippen LogP contribution in [0.3, 0.4) is 0 Å². The Kier molecular flexibility index (Phi) is 5.37. The molecule has 0 aliphatic heterocycles. The first-order valence-electron chi connectivity index (χ1n) is 8.58. The van der Waals surface area contributed by atoms with Crippen LogP contribution in [0.25, 0.3) is 11.3 Å². The van der Waals surface area contributed by atoms with E-state index >= 15 is 0 Å². The van der Waals surface area contributed by atoms with E-state index in [1.807, 2.05) is 55.5 Å². The summed E-state index contributed by atoms with van der Waals surface area (Å²) in [6.45, 7) is 6.09. The molecule has 134 valence electrons. The van der Waals surface area contributed by atoms with Crippen molar-refractivity contribution < 1.29 is 14.1 Å². The third kappa shape index (κ3) is 4.30. The average Bonchev–Trinajstić information content (AvgIpc) is 3.09. The van der Waals surface area contributed by atoms with E-state index in [4.69, 9.17) is 9.26 Å². The van der Waals surface area contributed by atoms with Crippen molar-refractivity contribution in [2.75, 3.05) is 11.9 Å². The van der Waals surface area contributed by atoms with E-state index in [0.717, 1.165) is 22.4 Å². The molecule has 5 nitrogen and oxygen atoms in total. The van der Waals surface area contributed by atoms with Gasteiger partial charge in [0.2, 0.25) is 5.88 Å². The van der Waals surface area contributed by atoms with Crippen molar-refractivity contribution in [3.8, 4) is 17.0 Å². The first-order valence-corrected chi connectivity index (χ1v) is 8.58. The number of ether oxygens (including phenoxy) is 1. The van der Waals surface area contributed by atoms with Crippen molar-refractivity contribution in [1.29, 1.82) is 0 Å². The maximum atomic E-state index is 12.2. The number of carbonyl (C=O) groups excluding carboxylic acids is 1. The molecule has 0 unspecified atom stereocenters. The highest BCUT2D eigenvalue weighted by Gasteiger charge is 2.13. The molecule has 1 heterocycles. The molecule has 2 aromatic carbocycles. The molecule has 5 heteroatoms. The monoisotopic (exact) mass is 350 g/mol. The van der Waals surface area contributed by atoms with Crippen LogP contribution in [0.15, 0.2) is 59.1 Å². The molecular formula is C21H22N2O3. The van der Waals surface area contributed by atoms with Crippen LogP contribution < -0.4 is 10.1 Å². The minimum absolute atomic E-state index is 0.0927. The smallest absolute Gasteiger partial charge is 0.264 e. The van der Waals surface area contributed by atoms with E-state index in [2.05, 4.69) is 24.3 Å². The van der Waals surface area contributed by atoms with Crippen molar-refractivity contribution in [1.82, 2.24) is 5.16 Å². The first kappa shape index (κ1) is 17.7. The number of aryl methyl sites for hydroxylation is 1. The Hall–Kier alpha value is -3.08. The summed E-state index contributed by atoms with van der Waals surface area (Å²) in [5.74, 6) is 1.05. The molecule has 0 aliphatic carbocycles. The van der Waals surface area contributed by atoms with Crippen molar-refractivity contribution in [2.45, 2.75) is 26.7 Å². The van der Waals surface area contributed by atoms with Crippen LogP contribution in [-0.4, -0.2) is 17.7 Å². The SMILES string of the molecule is Cc1ccc(C(C)C)c(OCC(=O)Nc2cc(-c3ccccc3)no2)c1. The molecule has 0 atom stereocenters. The second-order valence-corrected chi connectivity index (χ2v) is 6.48. The van der Waals surface area contributed by atoms with Gasteiger partial charge in [0.1, 0.15) is 11.4 Å². The van der Waals surface area contributed by atoms with Gasteiger partial charge in [-0.3, -0.25) is 10.1 Å². The normalized spacial score (nSPS) is 10.8. The summed E-state index contributed by atoms with van der Waals surface area (Å²) in [7, 11) is 0. The predicted octanol–water partition coefficient (Wildman–Crippen LogP) is 4.79. The Morgan fingerprint density at radius 2 is 1.92 bits per heavy atom. The van der Waals surface area contributed by atoms with Crippen LogP contribution in [0.2, 0.25) is 0 Å².